The summed E-state index contributed by atoms with van der Waals surface area (Å²) in [4.78, 5) is 39.9. The van der Waals surface area contributed by atoms with E-state index < -0.39 is 29.3 Å². The fourth-order valence-electron chi connectivity index (χ4n) is 4.68. The van der Waals surface area contributed by atoms with Crippen molar-refractivity contribution in [3.63, 3.8) is 0 Å². The van der Waals surface area contributed by atoms with Crippen LogP contribution in [0.25, 0.3) is 0 Å². The first-order valence-corrected chi connectivity index (χ1v) is 11.0. The second kappa shape index (κ2) is 9.95. The number of amidine groups is 1. The summed E-state index contributed by atoms with van der Waals surface area (Å²) in [5, 5.41) is 7.57. The van der Waals surface area contributed by atoms with Crippen LogP contribution in [0.5, 0.6) is 0 Å². The van der Waals surface area contributed by atoms with Gasteiger partial charge in [0.25, 0.3) is 0 Å². The standard InChI is InChI=1S/C25H30N4O4/c1-3-20(24(32)33-16(2)30)25(28,18-8-5-4-6-9-18)21-10-7-15-29(23(21)31)19-13-11-17(12-14-19)22(26)27/h4-6,8-9,11-14,20-21H,3,7,10,15,28H2,1-2H3,(H3,26,27)/t20?,21-,25?/m1/s1. The zero-order valence-electron chi connectivity index (χ0n) is 18.9. The lowest BCUT2D eigenvalue weighted by Gasteiger charge is -2.45. The number of piperidine rings is 1. The van der Waals surface area contributed by atoms with Gasteiger partial charge in [-0.2, -0.15) is 0 Å². The molecule has 1 aliphatic rings. The van der Waals surface area contributed by atoms with Gasteiger partial charge in [0, 0.05) is 24.7 Å². The lowest BCUT2D eigenvalue weighted by atomic mass is 9.66. The summed E-state index contributed by atoms with van der Waals surface area (Å²) in [5.74, 6) is -3.28. The van der Waals surface area contributed by atoms with Gasteiger partial charge < -0.3 is 21.1 Å². The van der Waals surface area contributed by atoms with Gasteiger partial charge >= 0.3 is 11.9 Å². The normalized spacial score (nSPS) is 18.8. The summed E-state index contributed by atoms with van der Waals surface area (Å²) < 4.78 is 4.93. The van der Waals surface area contributed by atoms with Gasteiger partial charge in [-0.05, 0) is 49.1 Å². The van der Waals surface area contributed by atoms with Crippen molar-refractivity contribution in [3.05, 3.63) is 65.7 Å². The van der Waals surface area contributed by atoms with Crippen molar-refractivity contribution in [1.82, 2.24) is 0 Å². The van der Waals surface area contributed by atoms with Gasteiger partial charge in [0.2, 0.25) is 5.91 Å². The SMILES string of the molecule is CCC(C(=O)OC(C)=O)C(N)(c1ccccc1)[C@@H]1CCCN(c2ccc(C(=N)N)cc2)C1=O. The molecule has 8 nitrogen and oxygen atoms in total. The molecule has 174 valence electrons. The molecule has 1 amide bonds. The number of amides is 1. The highest BCUT2D eigenvalue weighted by Crippen LogP contribution is 2.42. The number of carbonyl (C=O) groups excluding carboxylic acids is 3. The number of benzene rings is 2. The van der Waals surface area contributed by atoms with Gasteiger partial charge in [-0.15, -0.1) is 0 Å². The highest BCUT2D eigenvalue weighted by atomic mass is 16.6. The summed E-state index contributed by atoms with van der Waals surface area (Å²) in [6, 6.07) is 16.0. The van der Waals surface area contributed by atoms with E-state index in [0.29, 0.717) is 42.6 Å². The molecule has 1 fully saturated rings. The third kappa shape index (κ3) is 4.80. The Hall–Kier alpha value is -3.52. The molecule has 1 saturated heterocycles. The average molecular weight is 451 g/mol. The summed E-state index contributed by atoms with van der Waals surface area (Å²) in [6.07, 6.45) is 1.49. The van der Waals surface area contributed by atoms with Crippen molar-refractivity contribution in [2.75, 3.05) is 11.4 Å². The van der Waals surface area contributed by atoms with Crippen LogP contribution in [0.1, 0.15) is 44.2 Å². The van der Waals surface area contributed by atoms with Gasteiger partial charge in [0.1, 0.15) is 5.84 Å². The van der Waals surface area contributed by atoms with Gasteiger partial charge in [0.05, 0.1) is 17.4 Å². The van der Waals surface area contributed by atoms with Gasteiger partial charge in [-0.3, -0.25) is 19.8 Å². The maximum Gasteiger partial charge on any atom is 0.318 e. The van der Waals surface area contributed by atoms with E-state index in [2.05, 4.69) is 0 Å². The molecule has 0 saturated carbocycles. The highest BCUT2D eigenvalue weighted by Gasteiger charge is 2.52. The van der Waals surface area contributed by atoms with Crippen LogP contribution in [-0.2, 0) is 24.7 Å². The third-order valence-electron chi connectivity index (χ3n) is 6.29. The van der Waals surface area contributed by atoms with E-state index in [1.54, 1.807) is 48.2 Å². The monoisotopic (exact) mass is 450 g/mol. The molecule has 3 rings (SSSR count). The van der Waals surface area contributed by atoms with Crippen LogP contribution in [0.15, 0.2) is 54.6 Å². The molecule has 2 aromatic carbocycles. The first-order chi connectivity index (χ1) is 15.7. The summed E-state index contributed by atoms with van der Waals surface area (Å²) in [7, 11) is 0. The Bertz CT molecular complexity index is 1040. The molecule has 2 unspecified atom stereocenters. The largest absolute Gasteiger partial charge is 0.393 e. The first kappa shape index (κ1) is 24.1. The minimum absolute atomic E-state index is 0.0516. The van der Waals surface area contributed by atoms with E-state index in [0.717, 1.165) is 0 Å². The Morgan fingerprint density at radius 3 is 2.36 bits per heavy atom. The fourth-order valence-corrected chi connectivity index (χ4v) is 4.68. The summed E-state index contributed by atoms with van der Waals surface area (Å²) >= 11 is 0. The number of anilines is 1. The zero-order valence-corrected chi connectivity index (χ0v) is 18.9. The van der Waals surface area contributed by atoms with Crippen molar-refractivity contribution in [2.24, 2.45) is 23.3 Å². The number of carbonyl (C=O) groups is 3. The lowest BCUT2D eigenvalue weighted by molar-refractivity contribution is -0.164. The predicted octanol–water partition coefficient (Wildman–Crippen LogP) is 2.68. The van der Waals surface area contributed by atoms with Crippen LogP contribution in [0.4, 0.5) is 5.69 Å². The van der Waals surface area contributed by atoms with Crippen molar-refractivity contribution in [1.29, 1.82) is 5.41 Å². The third-order valence-corrected chi connectivity index (χ3v) is 6.29. The number of nitrogens with zero attached hydrogens (tertiary/aromatic N) is 1. The van der Waals surface area contributed by atoms with Crippen LogP contribution in [0, 0.1) is 17.2 Å². The molecule has 2 aromatic rings. The molecule has 0 spiro atoms. The molecule has 0 bridgehead atoms. The molecule has 8 heteroatoms. The number of ether oxygens (including phenoxy) is 1. The number of esters is 2. The van der Waals surface area contributed by atoms with E-state index in [1.807, 2.05) is 18.2 Å². The predicted molar refractivity (Wildman–Crippen MR) is 125 cm³/mol. The van der Waals surface area contributed by atoms with E-state index in [1.165, 1.54) is 6.92 Å². The van der Waals surface area contributed by atoms with Crippen molar-refractivity contribution < 1.29 is 19.1 Å². The molecular formula is C25H30N4O4. The van der Waals surface area contributed by atoms with E-state index >= 15 is 0 Å². The molecule has 0 aromatic heterocycles. The topological polar surface area (TPSA) is 140 Å². The molecular weight excluding hydrogens is 420 g/mol. The fraction of sp³-hybridized carbons (Fsp3) is 0.360. The number of hydrogen-bond acceptors (Lipinski definition) is 6. The number of hydrogen-bond donors (Lipinski definition) is 3. The average Bonchev–Trinajstić information content (AvgIpc) is 2.79. The minimum Gasteiger partial charge on any atom is -0.393 e. The van der Waals surface area contributed by atoms with Crippen LogP contribution >= 0.6 is 0 Å². The van der Waals surface area contributed by atoms with Gasteiger partial charge in [0.15, 0.2) is 0 Å². The zero-order chi connectivity index (χ0) is 24.2. The van der Waals surface area contributed by atoms with Crippen LogP contribution in [0.2, 0.25) is 0 Å². The summed E-state index contributed by atoms with van der Waals surface area (Å²) in [6.45, 7) is 3.47. The smallest absolute Gasteiger partial charge is 0.318 e. The molecule has 0 aliphatic carbocycles. The first-order valence-electron chi connectivity index (χ1n) is 11.0. The summed E-state index contributed by atoms with van der Waals surface area (Å²) in [5.41, 5.74) is 13.1. The number of nitrogen functional groups attached to an aromatic ring is 1. The second-order valence-corrected chi connectivity index (χ2v) is 8.32. The van der Waals surface area contributed by atoms with Crippen LogP contribution in [-0.4, -0.2) is 30.2 Å². The van der Waals surface area contributed by atoms with Crippen molar-refractivity contribution >= 4 is 29.4 Å². The molecule has 33 heavy (non-hydrogen) atoms. The maximum absolute atomic E-state index is 13.8. The second-order valence-electron chi connectivity index (χ2n) is 8.32. The Balaban J connectivity index is 2.04. The Morgan fingerprint density at radius 2 is 1.82 bits per heavy atom. The van der Waals surface area contributed by atoms with E-state index in [-0.39, 0.29) is 11.7 Å². The molecule has 3 atom stereocenters. The lowest BCUT2D eigenvalue weighted by Crippen LogP contribution is -2.60. The van der Waals surface area contributed by atoms with Crippen LogP contribution < -0.4 is 16.4 Å². The van der Waals surface area contributed by atoms with Crippen molar-refractivity contribution in [3.8, 4) is 0 Å². The number of rotatable bonds is 7. The Kier molecular flexibility index (Phi) is 7.28. The highest BCUT2D eigenvalue weighted by molar-refractivity contribution is 5.99. The number of nitrogens with one attached hydrogen (secondary N) is 1. The Morgan fingerprint density at radius 1 is 1.18 bits per heavy atom. The molecule has 1 heterocycles. The Labute approximate surface area is 193 Å². The van der Waals surface area contributed by atoms with E-state index in [9.17, 15) is 14.4 Å². The van der Waals surface area contributed by atoms with Gasteiger partial charge in [-0.1, -0.05) is 37.3 Å². The quantitative estimate of drug-likeness (QED) is 0.256. The molecule has 1 aliphatic heterocycles. The molecule has 0 radical (unpaired) electrons. The van der Waals surface area contributed by atoms with E-state index in [4.69, 9.17) is 21.6 Å². The van der Waals surface area contributed by atoms with Crippen LogP contribution in [0.3, 0.4) is 0 Å². The van der Waals surface area contributed by atoms with Crippen molar-refractivity contribution in [2.45, 2.75) is 38.6 Å². The number of nitrogens with two attached hydrogens (primary N) is 2. The van der Waals surface area contributed by atoms with Gasteiger partial charge in [-0.25, -0.2) is 0 Å². The minimum atomic E-state index is -1.36. The maximum atomic E-state index is 13.8. The molecule has 5 N–H and O–H groups in total.